The summed E-state index contributed by atoms with van der Waals surface area (Å²) in [5.74, 6) is -0.181. The Kier molecular flexibility index (Phi) is 4.71. The Hall–Kier alpha value is -2.67. The Morgan fingerprint density at radius 3 is 2.68 bits per heavy atom. The van der Waals surface area contributed by atoms with E-state index in [1.807, 2.05) is 57.3 Å². The first-order valence-corrected chi connectivity index (χ1v) is 9.74. The minimum Gasteiger partial charge on any atom is -0.363 e. The molecule has 0 N–H and O–H groups in total. The summed E-state index contributed by atoms with van der Waals surface area (Å²) in [6, 6.07) is 11.3. The van der Waals surface area contributed by atoms with Crippen LogP contribution in [0.15, 0.2) is 42.6 Å². The number of hydrogen-bond donors (Lipinski definition) is 0. The van der Waals surface area contributed by atoms with Gasteiger partial charge in [-0.1, -0.05) is 18.2 Å². The Labute approximate surface area is 164 Å². The van der Waals surface area contributed by atoms with Gasteiger partial charge in [0.25, 0.3) is 11.8 Å². The predicted molar refractivity (Wildman–Crippen MR) is 105 cm³/mol. The van der Waals surface area contributed by atoms with Gasteiger partial charge in [-0.15, -0.1) is 0 Å². The van der Waals surface area contributed by atoms with E-state index in [9.17, 15) is 9.59 Å². The average molecular weight is 382 g/mol. The van der Waals surface area contributed by atoms with E-state index >= 15 is 0 Å². The molecule has 2 aromatic rings. The number of anilines is 1. The normalized spacial score (nSPS) is 25.1. The summed E-state index contributed by atoms with van der Waals surface area (Å²) in [4.78, 5) is 29.3. The van der Waals surface area contributed by atoms with E-state index in [1.54, 1.807) is 20.5 Å². The maximum atomic E-state index is 13.0. The number of nitrogens with zero attached hydrogens (tertiary/aromatic N) is 4. The minimum atomic E-state index is -0.474. The fourth-order valence-corrected chi connectivity index (χ4v) is 4.01. The van der Waals surface area contributed by atoms with E-state index < -0.39 is 5.60 Å². The number of carbonyl (C=O) groups is 2. The fraction of sp³-hybridized carbons (Fsp3) is 0.476. The molecular formula is C21H26N4O3. The van der Waals surface area contributed by atoms with Gasteiger partial charge in [-0.05, 0) is 45.4 Å². The number of aromatic nitrogens is 2. The molecule has 2 amide bonds. The highest BCUT2D eigenvalue weighted by molar-refractivity contribution is 5.96. The number of rotatable bonds is 3. The van der Waals surface area contributed by atoms with Gasteiger partial charge in [-0.25, -0.2) is 0 Å². The standard InChI is InChI=1S/C21H26N4O3/c1-15(2)24-11-9-17(22-24)20(27)23-12-10-21(3)18(13-23)25(19(26)14-28-21)16-7-5-4-6-8-16/h4-9,11,15,18H,10,12-14H2,1-3H3/t18-,21-/m1/s1. The van der Waals surface area contributed by atoms with Crippen LogP contribution in [-0.4, -0.2) is 57.8 Å². The largest absolute Gasteiger partial charge is 0.363 e. The van der Waals surface area contributed by atoms with Crippen molar-refractivity contribution >= 4 is 17.5 Å². The van der Waals surface area contributed by atoms with Gasteiger partial charge in [0, 0.05) is 31.0 Å². The van der Waals surface area contributed by atoms with Crippen molar-refractivity contribution in [2.24, 2.45) is 0 Å². The number of para-hydroxylation sites is 1. The molecule has 4 rings (SSSR count). The third kappa shape index (κ3) is 3.20. The van der Waals surface area contributed by atoms with E-state index in [2.05, 4.69) is 5.10 Å². The number of amides is 2. The molecule has 2 aliphatic heterocycles. The van der Waals surface area contributed by atoms with Gasteiger partial charge in [-0.3, -0.25) is 14.3 Å². The molecule has 0 bridgehead atoms. The van der Waals surface area contributed by atoms with Crippen molar-refractivity contribution < 1.29 is 14.3 Å². The first kappa shape index (κ1) is 18.7. The Balaban J connectivity index is 1.61. The van der Waals surface area contributed by atoms with Gasteiger partial charge in [0.15, 0.2) is 0 Å². The summed E-state index contributed by atoms with van der Waals surface area (Å²) >= 11 is 0. The highest BCUT2D eigenvalue weighted by atomic mass is 16.5. The molecule has 0 saturated carbocycles. The predicted octanol–water partition coefficient (Wildman–Crippen LogP) is 2.50. The molecule has 2 atom stereocenters. The van der Waals surface area contributed by atoms with E-state index in [0.717, 1.165) is 5.69 Å². The molecule has 0 spiro atoms. The highest BCUT2D eigenvalue weighted by Gasteiger charge is 2.50. The molecule has 1 aromatic heterocycles. The first-order valence-electron chi connectivity index (χ1n) is 9.74. The number of carbonyl (C=O) groups excluding carboxylic acids is 2. The van der Waals surface area contributed by atoms with Crippen LogP contribution in [0.25, 0.3) is 0 Å². The number of likely N-dealkylation sites (tertiary alicyclic amines) is 1. The molecule has 7 heteroatoms. The molecule has 7 nitrogen and oxygen atoms in total. The molecule has 0 radical (unpaired) electrons. The zero-order chi connectivity index (χ0) is 19.9. The summed E-state index contributed by atoms with van der Waals surface area (Å²) < 4.78 is 7.74. The van der Waals surface area contributed by atoms with Crippen molar-refractivity contribution in [3.05, 3.63) is 48.3 Å². The maximum Gasteiger partial charge on any atom is 0.274 e. The van der Waals surface area contributed by atoms with Crippen LogP contribution in [0, 0.1) is 0 Å². The lowest BCUT2D eigenvalue weighted by Gasteiger charge is -2.52. The van der Waals surface area contributed by atoms with Crippen molar-refractivity contribution in [2.75, 3.05) is 24.6 Å². The zero-order valence-electron chi connectivity index (χ0n) is 16.5. The van der Waals surface area contributed by atoms with Crippen LogP contribution in [0.5, 0.6) is 0 Å². The maximum absolute atomic E-state index is 13.0. The number of benzene rings is 1. The van der Waals surface area contributed by atoms with Crippen molar-refractivity contribution in [3.8, 4) is 0 Å². The molecule has 148 valence electrons. The minimum absolute atomic E-state index is 0.0641. The van der Waals surface area contributed by atoms with Crippen LogP contribution in [0.2, 0.25) is 0 Å². The average Bonchev–Trinajstić information content (AvgIpc) is 3.19. The summed E-state index contributed by atoms with van der Waals surface area (Å²) in [6.45, 7) is 7.15. The molecule has 0 unspecified atom stereocenters. The summed E-state index contributed by atoms with van der Waals surface area (Å²) in [7, 11) is 0. The number of morpholine rings is 1. The second-order valence-electron chi connectivity index (χ2n) is 7.99. The smallest absolute Gasteiger partial charge is 0.274 e. The van der Waals surface area contributed by atoms with Gasteiger partial charge in [0.1, 0.15) is 12.3 Å². The van der Waals surface area contributed by atoms with E-state index in [0.29, 0.717) is 25.2 Å². The Bertz CT molecular complexity index is 879. The second kappa shape index (κ2) is 7.05. The summed E-state index contributed by atoms with van der Waals surface area (Å²) in [5, 5.41) is 4.41. The monoisotopic (exact) mass is 382 g/mol. The van der Waals surface area contributed by atoms with Crippen LogP contribution in [0.1, 0.15) is 43.7 Å². The summed E-state index contributed by atoms with van der Waals surface area (Å²) in [5.41, 5.74) is 0.801. The zero-order valence-corrected chi connectivity index (χ0v) is 16.5. The third-order valence-electron chi connectivity index (χ3n) is 5.76. The van der Waals surface area contributed by atoms with Gasteiger partial charge >= 0.3 is 0 Å². The molecule has 1 aromatic carbocycles. The molecule has 28 heavy (non-hydrogen) atoms. The fourth-order valence-electron chi connectivity index (χ4n) is 4.01. The van der Waals surface area contributed by atoms with Crippen molar-refractivity contribution in [3.63, 3.8) is 0 Å². The van der Waals surface area contributed by atoms with Crippen molar-refractivity contribution in [1.29, 1.82) is 0 Å². The van der Waals surface area contributed by atoms with E-state index in [1.165, 1.54) is 0 Å². The highest BCUT2D eigenvalue weighted by Crippen LogP contribution is 2.36. The number of ether oxygens (including phenoxy) is 1. The van der Waals surface area contributed by atoms with Crippen LogP contribution in [0.4, 0.5) is 5.69 Å². The van der Waals surface area contributed by atoms with Gasteiger partial charge in [0.2, 0.25) is 0 Å². The number of piperidine rings is 1. The van der Waals surface area contributed by atoms with Crippen molar-refractivity contribution in [2.45, 2.75) is 44.9 Å². The van der Waals surface area contributed by atoms with E-state index in [-0.39, 0.29) is 30.5 Å². The lowest BCUT2D eigenvalue weighted by atomic mass is 9.85. The quantitative estimate of drug-likeness (QED) is 0.818. The lowest BCUT2D eigenvalue weighted by Crippen LogP contribution is -2.68. The van der Waals surface area contributed by atoms with Crippen LogP contribution >= 0.6 is 0 Å². The number of hydrogen-bond acceptors (Lipinski definition) is 4. The van der Waals surface area contributed by atoms with Crippen LogP contribution < -0.4 is 4.90 Å². The van der Waals surface area contributed by atoms with Crippen LogP contribution in [0.3, 0.4) is 0 Å². The molecule has 3 heterocycles. The lowest BCUT2D eigenvalue weighted by molar-refractivity contribution is -0.149. The third-order valence-corrected chi connectivity index (χ3v) is 5.76. The Morgan fingerprint density at radius 2 is 2.00 bits per heavy atom. The molecule has 2 saturated heterocycles. The SMILES string of the molecule is CC(C)n1ccc(C(=O)N2CC[C@@]3(C)OCC(=O)N(c4ccccc4)[C@@H]3C2)n1. The number of fused-ring (bicyclic) bond motifs is 1. The first-order chi connectivity index (χ1) is 13.4. The summed E-state index contributed by atoms with van der Waals surface area (Å²) in [6.07, 6.45) is 2.50. The second-order valence-corrected chi connectivity index (χ2v) is 7.99. The van der Waals surface area contributed by atoms with E-state index in [4.69, 9.17) is 4.74 Å². The molecule has 2 aliphatic rings. The topological polar surface area (TPSA) is 67.7 Å². The molecule has 0 aliphatic carbocycles. The van der Waals surface area contributed by atoms with Gasteiger partial charge < -0.3 is 14.5 Å². The van der Waals surface area contributed by atoms with Gasteiger partial charge in [0.05, 0.1) is 11.6 Å². The van der Waals surface area contributed by atoms with Crippen LogP contribution in [-0.2, 0) is 9.53 Å². The van der Waals surface area contributed by atoms with Gasteiger partial charge in [-0.2, -0.15) is 5.10 Å². The Morgan fingerprint density at radius 1 is 1.25 bits per heavy atom. The molecular weight excluding hydrogens is 356 g/mol. The molecule has 2 fully saturated rings. The van der Waals surface area contributed by atoms with Crippen molar-refractivity contribution in [1.82, 2.24) is 14.7 Å².